The molecular weight excluding hydrogens is 428 g/mol. The minimum atomic E-state index is -3.65. The average Bonchev–Trinajstić information content (AvgIpc) is 3.40. The van der Waals surface area contributed by atoms with Gasteiger partial charge in [0.25, 0.3) is 0 Å². The first-order chi connectivity index (χ1) is 13.9. The predicted molar refractivity (Wildman–Crippen MR) is 119 cm³/mol. The van der Waals surface area contributed by atoms with Crippen molar-refractivity contribution in [2.24, 2.45) is 5.10 Å². The van der Waals surface area contributed by atoms with E-state index in [-0.39, 0.29) is 11.0 Å². The zero-order chi connectivity index (χ0) is 20.4. The summed E-state index contributed by atoms with van der Waals surface area (Å²) in [5, 5.41) is 6.97. The number of rotatable bonds is 4. The van der Waals surface area contributed by atoms with Crippen LogP contribution in [0.2, 0.25) is 5.02 Å². The highest BCUT2D eigenvalue weighted by atomic mass is 35.5. The molecule has 2 aromatic carbocycles. The van der Waals surface area contributed by atoms with Crippen LogP contribution in [-0.2, 0) is 10.2 Å². The lowest BCUT2D eigenvalue weighted by Crippen LogP contribution is -2.46. The third kappa shape index (κ3) is 4.45. The largest absolute Gasteiger partial charge is 0.303 e. The first kappa shape index (κ1) is 20.3. The summed E-state index contributed by atoms with van der Waals surface area (Å²) in [7, 11) is -3.65. The van der Waals surface area contributed by atoms with Gasteiger partial charge in [-0.3, -0.25) is 0 Å². The molecule has 0 bridgehead atoms. The monoisotopic (exact) mass is 448 g/mol. The van der Waals surface area contributed by atoms with Gasteiger partial charge in [0, 0.05) is 24.0 Å². The molecule has 29 heavy (non-hydrogen) atoms. The van der Waals surface area contributed by atoms with E-state index in [1.165, 1.54) is 4.31 Å². The Morgan fingerprint density at radius 1 is 1.07 bits per heavy atom. The second kappa shape index (κ2) is 8.39. The van der Waals surface area contributed by atoms with Gasteiger partial charge in [-0.05, 0) is 48.3 Å². The quantitative estimate of drug-likeness (QED) is 0.728. The van der Waals surface area contributed by atoms with Crippen molar-refractivity contribution < 1.29 is 8.42 Å². The minimum Gasteiger partial charge on any atom is -0.245 e. The molecule has 0 aromatic heterocycles. The highest BCUT2D eigenvalue weighted by Gasteiger charge is 2.33. The molecule has 0 aliphatic carbocycles. The molecule has 1 unspecified atom stereocenters. The summed E-state index contributed by atoms with van der Waals surface area (Å²) in [4.78, 5) is 0. The SMILES string of the molecule is O=S(=O)(NC(=S)N1CC(c2ccccc2)C(c2ccc(Cl)cc2)=N1)N1CCCC1. The van der Waals surface area contributed by atoms with E-state index < -0.39 is 10.2 Å². The maximum Gasteiger partial charge on any atom is 0.303 e. The van der Waals surface area contributed by atoms with Crippen LogP contribution < -0.4 is 4.72 Å². The lowest BCUT2D eigenvalue weighted by molar-refractivity contribution is 0.453. The topological polar surface area (TPSA) is 65.0 Å². The van der Waals surface area contributed by atoms with Crippen molar-refractivity contribution in [3.8, 4) is 0 Å². The summed E-state index contributed by atoms with van der Waals surface area (Å²) < 4.78 is 29.1. The molecule has 152 valence electrons. The molecule has 1 saturated heterocycles. The normalized spacial score (nSPS) is 20.0. The fourth-order valence-electron chi connectivity index (χ4n) is 3.61. The molecule has 2 aromatic rings. The zero-order valence-corrected chi connectivity index (χ0v) is 18.1. The second-order valence-corrected chi connectivity index (χ2v) is 9.55. The number of hydrazone groups is 1. The van der Waals surface area contributed by atoms with E-state index in [0.29, 0.717) is 24.7 Å². The molecule has 1 atom stereocenters. The van der Waals surface area contributed by atoms with Gasteiger partial charge < -0.3 is 0 Å². The number of thiocarbonyl (C=S) groups is 1. The molecule has 2 aliphatic rings. The molecule has 0 radical (unpaired) electrons. The minimum absolute atomic E-state index is 0.0355. The molecule has 9 heteroatoms. The number of benzene rings is 2. The van der Waals surface area contributed by atoms with Crippen molar-refractivity contribution >= 4 is 44.9 Å². The molecule has 2 heterocycles. The van der Waals surface area contributed by atoms with Crippen LogP contribution in [0.4, 0.5) is 0 Å². The van der Waals surface area contributed by atoms with Crippen molar-refractivity contribution in [2.45, 2.75) is 18.8 Å². The highest BCUT2D eigenvalue weighted by Crippen LogP contribution is 2.29. The number of hydrogen-bond donors (Lipinski definition) is 1. The standard InChI is InChI=1S/C20H21ClN4O2S2/c21-17-10-8-16(9-11-17)19-18(15-6-2-1-3-7-15)14-25(22-19)20(28)23-29(26,27)24-12-4-5-13-24/h1-3,6-11,18H,4-5,12-14H2,(H,23,28). The Labute approximate surface area is 181 Å². The Bertz CT molecular complexity index is 1020. The summed E-state index contributed by atoms with van der Waals surface area (Å²) in [6.07, 6.45) is 1.73. The Kier molecular flexibility index (Phi) is 5.87. The first-order valence-electron chi connectivity index (χ1n) is 9.43. The molecule has 0 spiro atoms. The van der Waals surface area contributed by atoms with Crippen LogP contribution in [0.15, 0.2) is 59.7 Å². The lowest BCUT2D eigenvalue weighted by Gasteiger charge is -2.21. The van der Waals surface area contributed by atoms with E-state index >= 15 is 0 Å². The summed E-state index contributed by atoms with van der Waals surface area (Å²) in [5.41, 5.74) is 2.85. The van der Waals surface area contributed by atoms with Gasteiger partial charge in [-0.2, -0.15) is 17.8 Å². The van der Waals surface area contributed by atoms with E-state index in [1.807, 2.05) is 54.6 Å². The molecule has 6 nitrogen and oxygen atoms in total. The summed E-state index contributed by atoms with van der Waals surface area (Å²) in [5.74, 6) is -0.0355. The molecule has 2 aliphatic heterocycles. The molecule has 0 saturated carbocycles. The van der Waals surface area contributed by atoms with Gasteiger partial charge in [0.05, 0.1) is 12.3 Å². The van der Waals surface area contributed by atoms with E-state index in [9.17, 15) is 8.42 Å². The van der Waals surface area contributed by atoms with Crippen LogP contribution >= 0.6 is 23.8 Å². The Balaban J connectivity index is 1.60. The highest BCUT2D eigenvalue weighted by molar-refractivity contribution is 7.89. The van der Waals surface area contributed by atoms with E-state index in [2.05, 4.69) is 9.82 Å². The van der Waals surface area contributed by atoms with Crippen molar-refractivity contribution in [3.63, 3.8) is 0 Å². The van der Waals surface area contributed by atoms with Gasteiger partial charge in [0.2, 0.25) is 5.11 Å². The van der Waals surface area contributed by atoms with Gasteiger partial charge in [0.15, 0.2) is 0 Å². The van der Waals surface area contributed by atoms with E-state index in [4.69, 9.17) is 23.8 Å². The van der Waals surface area contributed by atoms with Gasteiger partial charge in [0.1, 0.15) is 0 Å². The van der Waals surface area contributed by atoms with Crippen LogP contribution in [0.1, 0.15) is 29.9 Å². The number of hydrogen-bond acceptors (Lipinski definition) is 4. The van der Waals surface area contributed by atoms with Gasteiger partial charge in [-0.1, -0.05) is 54.1 Å². The van der Waals surface area contributed by atoms with Gasteiger partial charge >= 0.3 is 10.2 Å². The van der Waals surface area contributed by atoms with Gasteiger partial charge in [-0.25, -0.2) is 9.73 Å². The van der Waals surface area contributed by atoms with E-state index in [1.54, 1.807) is 5.01 Å². The van der Waals surface area contributed by atoms with Crippen molar-refractivity contribution in [3.05, 3.63) is 70.7 Å². The Morgan fingerprint density at radius 3 is 2.38 bits per heavy atom. The number of halogens is 1. The van der Waals surface area contributed by atoms with Crippen molar-refractivity contribution in [1.82, 2.24) is 14.0 Å². The lowest BCUT2D eigenvalue weighted by atomic mass is 9.91. The van der Waals surface area contributed by atoms with Gasteiger partial charge in [-0.15, -0.1) is 0 Å². The molecule has 1 fully saturated rings. The predicted octanol–water partition coefficient (Wildman–Crippen LogP) is 3.36. The summed E-state index contributed by atoms with van der Waals surface area (Å²) >= 11 is 11.4. The van der Waals surface area contributed by atoms with Crippen molar-refractivity contribution in [2.75, 3.05) is 19.6 Å². The Hall–Kier alpha value is -2.00. The van der Waals surface area contributed by atoms with Crippen LogP contribution in [0, 0.1) is 0 Å². The molecule has 0 amide bonds. The van der Waals surface area contributed by atoms with Crippen LogP contribution in [0.3, 0.4) is 0 Å². The zero-order valence-electron chi connectivity index (χ0n) is 15.7. The smallest absolute Gasteiger partial charge is 0.245 e. The van der Waals surface area contributed by atoms with Crippen LogP contribution in [-0.4, -0.2) is 48.2 Å². The van der Waals surface area contributed by atoms with Crippen LogP contribution in [0.5, 0.6) is 0 Å². The maximum absolute atomic E-state index is 12.6. The van der Waals surface area contributed by atoms with Crippen LogP contribution in [0.25, 0.3) is 0 Å². The molecule has 1 N–H and O–H groups in total. The average molecular weight is 449 g/mol. The molecule has 4 rings (SSSR count). The molecular formula is C20H21ClN4O2S2. The second-order valence-electron chi connectivity index (χ2n) is 7.06. The number of nitrogens with zero attached hydrogens (tertiary/aromatic N) is 3. The fourth-order valence-corrected chi connectivity index (χ4v) is 5.36. The third-order valence-electron chi connectivity index (χ3n) is 5.11. The summed E-state index contributed by atoms with van der Waals surface area (Å²) in [6.45, 7) is 1.50. The maximum atomic E-state index is 12.6. The fraction of sp³-hybridized carbons (Fsp3) is 0.300. The van der Waals surface area contributed by atoms with Crippen molar-refractivity contribution in [1.29, 1.82) is 0 Å². The summed E-state index contributed by atoms with van der Waals surface area (Å²) in [6, 6.07) is 17.5. The first-order valence-corrected chi connectivity index (χ1v) is 11.7. The third-order valence-corrected chi connectivity index (χ3v) is 7.30. The van der Waals surface area contributed by atoms with E-state index in [0.717, 1.165) is 29.7 Å². The Morgan fingerprint density at radius 2 is 1.72 bits per heavy atom. The number of nitrogens with one attached hydrogen (secondary N) is 1.